The SMILES string of the molecule is Cc1ccc(Br)cc1NC(=O)CCNC(=O)c1cc(F)c(F)cc1Cl. The standard InChI is InChI=1S/C17H14BrClF2N2O2/c1-9-2-3-10(18)6-15(9)23-16(24)4-5-22-17(25)11-7-13(20)14(21)8-12(11)19/h2-3,6-8H,4-5H2,1H3,(H,22,25)(H,23,24). The van der Waals surface area contributed by atoms with Crippen LogP contribution in [0, 0.1) is 18.6 Å². The molecule has 2 aromatic rings. The molecule has 0 saturated heterocycles. The zero-order valence-electron chi connectivity index (χ0n) is 13.1. The number of anilines is 1. The Labute approximate surface area is 156 Å². The van der Waals surface area contributed by atoms with Crippen LogP contribution in [-0.2, 0) is 4.79 Å². The summed E-state index contributed by atoms with van der Waals surface area (Å²) in [6.45, 7) is 1.88. The van der Waals surface area contributed by atoms with Crippen molar-refractivity contribution in [3.63, 3.8) is 0 Å². The maximum absolute atomic E-state index is 13.2. The minimum Gasteiger partial charge on any atom is -0.351 e. The quantitative estimate of drug-likeness (QED) is 0.687. The Bertz CT molecular complexity index is 831. The van der Waals surface area contributed by atoms with E-state index in [2.05, 4.69) is 26.6 Å². The Morgan fingerprint density at radius 3 is 2.56 bits per heavy atom. The lowest BCUT2D eigenvalue weighted by molar-refractivity contribution is -0.116. The topological polar surface area (TPSA) is 58.2 Å². The van der Waals surface area contributed by atoms with Gasteiger partial charge in [0.25, 0.3) is 5.91 Å². The van der Waals surface area contributed by atoms with Gasteiger partial charge in [0.1, 0.15) is 0 Å². The van der Waals surface area contributed by atoms with Crippen LogP contribution in [0.15, 0.2) is 34.8 Å². The first-order chi connectivity index (χ1) is 11.8. The van der Waals surface area contributed by atoms with Crippen LogP contribution >= 0.6 is 27.5 Å². The molecule has 2 N–H and O–H groups in total. The van der Waals surface area contributed by atoms with Crippen molar-refractivity contribution >= 4 is 45.0 Å². The molecule has 0 unspecified atom stereocenters. The monoisotopic (exact) mass is 430 g/mol. The van der Waals surface area contributed by atoms with Crippen LogP contribution in [0.2, 0.25) is 5.02 Å². The number of aryl methyl sites for hydroxylation is 1. The molecule has 0 aromatic heterocycles. The third-order valence-corrected chi connectivity index (χ3v) is 4.17. The molecule has 2 aromatic carbocycles. The average molecular weight is 432 g/mol. The van der Waals surface area contributed by atoms with Crippen LogP contribution in [-0.4, -0.2) is 18.4 Å². The number of hydrogen-bond acceptors (Lipinski definition) is 2. The van der Waals surface area contributed by atoms with E-state index in [-0.39, 0.29) is 29.5 Å². The smallest absolute Gasteiger partial charge is 0.252 e. The second-order valence-electron chi connectivity index (χ2n) is 5.26. The maximum Gasteiger partial charge on any atom is 0.252 e. The van der Waals surface area contributed by atoms with Crippen LogP contribution in [0.1, 0.15) is 22.3 Å². The van der Waals surface area contributed by atoms with E-state index in [9.17, 15) is 18.4 Å². The molecule has 0 radical (unpaired) electrons. The maximum atomic E-state index is 13.2. The number of carbonyl (C=O) groups excluding carboxylic acids is 2. The summed E-state index contributed by atoms with van der Waals surface area (Å²) in [7, 11) is 0. The van der Waals surface area contributed by atoms with Gasteiger partial charge in [-0.05, 0) is 36.8 Å². The number of nitrogens with one attached hydrogen (secondary N) is 2. The van der Waals surface area contributed by atoms with Crippen LogP contribution in [0.3, 0.4) is 0 Å². The van der Waals surface area contributed by atoms with Gasteiger partial charge in [0.2, 0.25) is 5.91 Å². The summed E-state index contributed by atoms with van der Waals surface area (Å²) in [5, 5.41) is 4.98. The van der Waals surface area contributed by atoms with Crippen LogP contribution in [0.4, 0.5) is 14.5 Å². The number of hydrogen-bond donors (Lipinski definition) is 2. The van der Waals surface area contributed by atoms with Crippen molar-refractivity contribution < 1.29 is 18.4 Å². The third-order valence-electron chi connectivity index (χ3n) is 3.37. The zero-order chi connectivity index (χ0) is 18.6. The van der Waals surface area contributed by atoms with E-state index in [0.717, 1.165) is 22.2 Å². The van der Waals surface area contributed by atoms with E-state index in [1.807, 2.05) is 19.1 Å². The number of halogens is 4. The summed E-state index contributed by atoms with van der Waals surface area (Å²) in [6.07, 6.45) is 0.0129. The van der Waals surface area contributed by atoms with Gasteiger partial charge in [0.15, 0.2) is 11.6 Å². The fourth-order valence-electron chi connectivity index (χ4n) is 2.02. The number of rotatable bonds is 5. The molecule has 0 aliphatic carbocycles. The van der Waals surface area contributed by atoms with Crippen LogP contribution in [0.5, 0.6) is 0 Å². The molecule has 4 nitrogen and oxygen atoms in total. The van der Waals surface area contributed by atoms with Gasteiger partial charge in [-0.3, -0.25) is 9.59 Å². The van der Waals surface area contributed by atoms with Gasteiger partial charge in [-0.2, -0.15) is 0 Å². The summed E-state index contributed by atoms with van der Waals surface area (Å²) in [6, 6.07) is 6.93. The fourth-order valence-corrected chi connectivity index (χ4v) is 2.62. The molecule has 8 heteroatoms. The Kier molecular flexibility index (Phi) is 6.50. The minimum absolute atomic E-state index is 0.0129. The molecule has 0 heterocycles. The molecule has 2 amide bonds. The average Bonchev–Trinajstić information content (AvgIpc) is 2.54. The minimum atomic E-state index is -1.17. The predicted molar refractivity (Wildman–Crippen MR) is 95.8 cm³/mol. The molecular formula is C17H14BrClF2N2O2. The lowest BCUT2D eigenvalue weighted by Gasteiger charge is -2.10. The predicted octanol–water partition coefficient (Wildman–Crippen LogP) is 4.45. The molecule has 0 atom stereocenters. The molecule has 0 aliphatic rings. The van der Waals surface area contributed by atoms with Crippen molar-refractivity contribution in [3.05, 3.63) is 62.6 Å². The molecule has 0 fully saturated rings. The zero-order valence-corrected chi connectivity index (χ0v) is 15.5. The molecule has 132 valence electrons. The van der Waals surface area contributed by atoms with Crippen molar-refractivity contribution in [1.29, 1.82) is 0 Å². The van der Waals surface area contributed by atoms with Crippen molar-refractivity contribution in [2.24, 2.45) is 0 Å². The van der Waals surface area contributed by atoms with Gasteiger partial charge < -0.3 is 10.6 Å². The summed E-state index contributed by atoms with van der Waals surface area (Å²) in [5.74, 6) is -3.28. The highest BCUT2D eigenvalue weighted by molar-refractivity contribution is 9.10. The highest BCUT2D eigenvalue weighted by Crippen LogP contribution is 2.21. The molecule has 25 heavy (non-hydrogen) atoms. The van der Waals surface area contributed by atoms with E-state index < -0.39 is 17.5 Å². The van der Waals surface area contributed by atoms with Gasteiger partial charge in [-0.25, -0.2) is 8.78 Å². The number of benzene rings is 2. The second-order valence-corrected chi connectivity index (χ2v) is 6.58. The molecular weight excluding hydrogens is 418 g/mol. The fraction of sp³-hybridized carbons (Fsp3) is 0.176. The molecule has 0 spiro atoms. The van der Waals surface area contributed by atoms with Crippen LogP contribution < -0.4 is 10.6 Å². The van der Waals surface area contributed by atoms with E-state index in [0.29, 0.717) is 5.69 Å². The second kappa shape index (κ2) is 8.40. The van der Waals surface area contributed by atoms with Crippen molar-refractivity contribution in [1.82, 2.24) is 5.32 Å². The molecule has 0 saturated carbocycles. The van der Waals surface area contributed by atoms with Gasteiger partial charge >= 0.3 is 0 Å². The summed E-state index contributed by atoms with van der Waals surface area (Å²) in [4.78, 5) is 23.9. The van der Waals surface area contributed by atoms with Crippen LogP contribution in [0.25, 0.3) is 0 Å². The van der Waals surface area contributed by atoms with E-state index in [4.69, 9.17) is 11.6 Å². The van der Waals surface area contributed by atoms with Gasteiger partial charge in [0.05, 0.1) is 10.6 Å². The Hall–Kier alpha value is -1.99. The summed E-state index contributed by atoms with van der Waals surface area (Å²) >= 11 is 9.05. The first kappa shape index (κ1) is 19.3. The Morgan fingerprint density at radius 2 is 1.84 bits per heavy atom. The van der Waals surface area contributed by atoms with Crippen molar-refractivity contribution in [2.75, 3.05) is 11.9 Å². The van der Waals surface area contributed by atoms with E-state index >= 15 is 0 Å². The first-order valence-electron chi connectivity index (χ1n) is 7.26. The van der Waals surface area contributed by atoms with Crippen molar-refractivity contribution in [2.45, 2.75) is 13.3 Å². The lowest BCUT2D eigenvalue weighted by atomic mass is 10.2. The highest BCUT2D eigenvalue weighted by atomic mass is 79.9. The number of amides is 2. The summed E-state index contributed by atoms with van der Waals surface area (Å²) < 4.78 is 27.0. The van der Waals surface area contributed by atoms with Gasteiger partial charge in [-0.15, -0.1) is 0 Å². The first-order valence-corrected chi connectivity index (χ1v) is 8.43. The van der Waals surface area contributed by atoms with Crippen molar-refractivity contribution in [3.8, 4) is 0 Å². The molecule has 0 bridgehead atoms. The highest BCUT2D eigenvalue weighted by Gasteiger charge is 2.15. The Balaban J connectivity index is 1.90. The summed E-state index contributed by atoms with van der Waals surface area (Å²) in [5.41, 5.74) is 1.37. The van der Waals surface area contributed by atoms with E-state index in [1.54, 1.807) is 6.07 Å². The lowest BCUT2D eigenvalue weighted by Crippen LogP contribution is -2.28. The molecule has 0 aliphatic heterocycles. The van der Waals surface area contributed by atoms with E-state index in [1.165, 1.54) is 0 Å². The Morgan fingerprint density at radius 1 is 1.16 bits per heavy atom. The normalized spacial score (nSPS) is 10.4. The molecule has 2 rings (SSSR count). The third kappa shape index (κ3) is 5.24. The number of carbonyl (C=O) groups is 2. The van der Waals surface area contributed by atoms with Gasteiger partial charge in [-0.1, -0.05) is 33.6 Å². The largest absolute Gasteiger partial charge is 0.351 e. The van der Waals surface area contributed by atoms with Gasteiger partial charge in [0, 0.05) is 23.1 Å².